The SMILES string of the molecule is CC(C)c1ccc(-c2nnn([C@H](C)C(=O)Nc3cccc4ccccc34)n2)cc1. The maximum absolute atomic E-state index is 12.8. The summed E-state index contributed by atoms with van der Waals surface area (Å²) in [6.07, 6.45) is 0. The van der Waals surface area contributed by atoms with Gasteiger partial charge in [-0.1, -0.05) is 74.5 Å². The third-order valence-electron chi connectivity index (χ3n) is 5.04. The van der Waals surface area contributed by atoms with Crippen molar-refractivity contribution in [1.29, 1.82) is 0 Å². The fourth-order valence-electron chi connectivity index (χ4n) is 3.20. The molecule has 1 aromatic heterocycles. The van der Waals surface area contributed by atoms with Crippen molar-refractivity contribution >= 4 is 22.4 Å². The lowest BCUT2D eigenvalue weighted by molar-refractivity contribution is -0.119. The highest BCUT2D eigenvalue weighted by atomic mass is 16.2. The van der Waals surface area contributed by atoms with Crippen molar-refractivity contribution in [1.82, 2.24) is 20.2 Å². The van der Waals surface area contributed by atoms with Crippen LogP contribution in [0.2, 0.25) is 0 Å². The summed E-state index contributed by atoms with van der Waals surface area (Å²) in [5.74, 6) is 0.774. The minimum atomic E-state index is -0.592. The summed E-state index contributed by atoms with van der Waals surface area (Å²) < 4.78 is 0. The molecule has 0 radical (unpaired) electrons. The van der Waals surface area contributed by atoms with E-state index in [1.54, 1.807) is 6.92 Å². The van der Waals surface area contributed by atoms with Crippen LogP contribution in [-0.2, 0) is 4.79 Å². The normalized spacial score (nSPS) is 12.3. The van der Waals surface area contributed by atoms with Crippen molar-refractivity contribution < 1.29 is 4.79 Å². The number of hydrogen-bond donors (Lipinski definition) is 1. The van der Waals surface area contributed by atoms with Gasteiger partial charge in [-0.05, 0) is 35.1 Å². The van der Waals surface area contributed by atoms with Crippen LogP contribution in [0, 0.1) is 0 Å². The van der Waals surface area contributed by atoms with Gasteiger partial charge in [-0.3, -0.25) is 4.79 Å². The van der Waals surface area contributed by atoms with E-state index in [9.17, 15) is 4.79 Å². The quantitative estimate of drug-likeness (QED) is 0.535. The van der Waals surface area contributed by atoms with Gasteiger partial charge >= 0.3 is 0 Å². The molecule has 0 saturated carbocycles. The summed E-state index contributed by atoms with van der Waals surface area (Å²) in [4.78, 5) is 14.1. The van der Waals surface area contributed by atoms with Gasteiger partial charge in [0, 0.05) is 16.6 Å². The highest BCUT2D eigenvalue weighted by molar-refractivity contribution is 6.03. The molecule has 29 heavy (non-hydrogen) atoms. The molecule has 0 unspecified atom stereocenters. The molecule has 1 N–H and O–H groups in total. The number of benzene rings is 3. The molecule has 3 aromatic carbocycles. The molecule has 146 valence electrons. The van der Waals surface area contributed by atoms with Gasteiger partial charge in [0.15, 0.2) is 0 Å². The number of carbonyl (C=O) groups is 1. The Morgan fingerprint density at radius 1 is 0.931 bits per heavy atom. The van der Waals surface area contributed by atoms with Gasteiger partial charge in [0.2, 0.25) is 5.82 Å². The number of anilines is 1. The molecule has 4 rings (SSSR count). The highest BCUT2D eigenvalue weighted by Gasteiger charge is 2.19. The van der Waals surface area contributed by atoms with Crippen molar-refractivity contribution in [3.8, 4) is 11.4 Å². The molecule has 4 aromatic rings. The zero-order valence-electron chi connectivity index (χ0n) is 16.7. The van der Waals surface area contributed by atoms with E-state index in [1.165, 1.54) is 10.4 Å². The lowest BCUT2D eigenvalue weighted by Gasteiger charge is -2.12. The standard InChI is InChI=1S/C23H23N5O/c1-15(2)17-11-13-19(14-12-17)22-25-27-28(26-22)16(3)23(29)24-21-10-6-8-18-7-4-5-9-20(18)21/h4-16H,1-3H3,(H,24,29)/t16-/m1/s1. The first-order chi connectivity index (χ1) is 14.0. The number of fused-ring (bicyclic) bond motifs is 1. The van der Waals surface area contributed by atoms with Crippen LogP contribution in [0.3, 0.4) is 0 Å². The second-order valence-corrected chi connectivity index (χ2v) is 7.40. The Kier molecular flexibility index (Phi) is 5.08. The van der Waals surface area contributed by atoms with E-state index in [2.05, 4.69) is 46.7 Å². The first-order valence-corrected chi connectivity index (χ1v) is 9.71. The molecule has 6 nitrogen and oxygen atoms in total. The van der Waals surface area contributed by atoms with E-state index < -0.39 is 6.04 Å². The molecule has 6 heteroatoms. The van der Waals surface area contributed by atoms with Crippen LogP contribution >= 0.6 is 0 Å². The van der Waals surface area contributed by atoms with E-state index in [-0.39, 0.29) is 5.91 Å². The molecule has 1 amide bonds. The van der Waals surface area contributed by atoms with Crippen LogP contribution in [0.1, 0.15) is 38.3 Å². The van der Waals surface area contributed by atoms with Gasteiger partial charge in [-0.25, -0.2) is 0 Å². The van der Waals surface area contributed by atoms with Crippen molar-refractivity contribution in [2.45, 2.75) is 32.7 Å². The van der Waals surface area contributed by atoms with Crippen molar-refractivity contribution in [2.75, 3.05) is 5.32 Å². The minimum absolute atomic E-state index is 0.194. The van der Waals surface area contributed by atoms with E-state index in [4.69, 9.17) is 0 Å². The molecule has 0 aliphatic carbocycles. The van der Waals surface area contributed by atoms with Crippen LogP contribution in [0.25, 0.3) is 22.2 Å². The monoisotopic (exact) mass is 385 g/mol. The Bertz CT molecular complexity index is 1140. The molecule has 0 spiro atoms. The molecular formula is C23H23N5O. The Morgan fingerprint density at radius 2 is 1.66 bits per heavy atom. The van der Waals surface area contributed by atoms with Crippen molar-refractivity contribution in [2.24, 2.45) is 0 Å². The summed E-state index contributed by atoms with van der Waals surface area (Å²) in [6, 6.07) is 21.3. The Morgan fingerprint density at radius 3 is 2.41 bits per heavy atom. The lowest BCUT2D eigenvalue weighted by atomic mass is 10.0. The van der Waals surface area contributed by atoms with Crippen LogP contribution in [0.4, 0.5) is 5.69 Å². The van der Waals surface area contributed by atoms with Crippen LogP contribution in [0.15, 0.2) is 66.7 Å². The number of tetrazole rings is 1. The predicted molar refractivity (Wildman–Crippen MR) is 115 cm³/mol. The first kappa shape index (κ1) is 18.8. The third kappa shape index (κ3) is 3.87. The number of aromatic nitrogens is 4. The Labute approximate surface area is 169 Å². The van der Waals surface area contributed by atoms with Crippen LogP contribution in [0.5, 0.6) is 0 Å². The summed E-state index contributed by atoms with van der Waals surface area (Å²) in [6.45, 7) is 6.06. The average Bonchev–Trinajstić information content (AvgIpc) is 3.23. The summed E-state index contributed by atoms with van der Waals surface area (Å²) in [5.41, 5.74) is 2.90. The van der Waals surface area contributed by atoms with Crippen molar-refractivity contribution in [3.63, 3.8) is 0 Å². The minimum Gasteiger partial charge on any atom is -0.324 e. The summed E-state index contributed by atoms with van der Waals surface area (Å²) >= 11 is 0. The summed E-state index contributed by atoms with van der Waals surface area (Å²) in [5, 5.41) is 17.7. The third-order valence-corrected chi connectivity index (χ3v) is 5.04. The maximum atomic E-state index is 12.8. The van der Waals surface area contributed by atoms with E-state index in [0.29, 0.717) is 11.7 Å². The summed E-state index contributed by atoms with van der Waals surface area (Å²) in [7, 11) is 0. The number of carbonyl (C=O) groups excluding carboxylic acids is 1. The van der Waals surface area contributed by atoms with Crippen molar-refractivity contribution in [3.05, 3.63) is 72.3 Å². The van der Waals surface area contributed by atoms with E-state index >= 15 is 0 Å². The molecule has 0 fully saturated rings. The van der Waals surface area contributed by atoms with Crippen LogP contribution < -0.4 is 5.32 Å². The second-order valence-electron chi connectivity index (χ2n) is 7.40. The smallest absolute Gasteiger partial charge is 0.250 e. The van der Waals surface area contributed by atoms with Gasteiger partial charge in [-0.2, -0.15) is 4.80 Å². The zero-order chi connectivity index (χ0) is 20.4. The zero-order valence-corrected chi connectivity index (χ0v) is 16.7. The van der Waals surface area contributed by atoms with Crippen LogP contribution in [-0.4, -0.2) is 26.1 Å². The fourth-order valence-corrected chi connectivity index (χ4v) is 3.20. The Hall–Kier alpha value is -3.54. The molecular weight excluding hydrogens is 362 g/mol. The number of rotatable bonds is 5. The van der Waals surface area contributed by atoms with Gasteiger partial charge in [0.25, 0.3) is 5.91 Å². The topological polar surface area (TPSA) is 72.7 Å². The molecule has 0 aliphatic rings. The average molecular weight is 385 g/mol. The number of hydrogen-bond acceptors (Lipinski definition) is 4. The maximum Gasteiger partial charge on any atom is 0.250 e. The lowest BCUT2D eigenvalue weighted by Crippen LogP contribution is -2.25. The molecule has 0 aliphatic heterocycles. The molecule has 1 atom stereocenters. The van der Waals surface area contributed by atoms with Gasteiger partial charge in [-0.15, -0.1) is 10.2 Å². The molecule has 0 saturated heterocycles. The largest absolute Gasteiger partial charge is 0.324 e. The van der Waals surface area contributed by atoms with E-state index in [0.717, 1.165) is 22.0 Å². The second kappa shape index (κ2) is 7.83. The molecule has 1 heterocycles. The van der Waals surface area contributed by atoms with Gasteiger partial charge in [0.05, 0.1) is 0 Å². The van der Waals surface area contributed by atoms with Gasteiger partial charge in [0.1, 0.15) is 6.04 Å². The van der Waals surface area contributed by atoms with Gasteiger partial charge < -0.3 is 5.32 Å². The Balaban J connectivity index is 1.52. The number of nitrogens with one attached hydrogen (secondary N) is 1. The highest BCUT2D eigenvalue weighted by Crippen LogP contribution is 2.24. The fraction of sp³-hybridized carbons (Fsp3) is 0.217. The predicted octanol–water partition coefficient (Wildman–Crippen LogP) is 4.82. The number of amides is 1. The molecule has 0 bridgehead atoms. The number of nitrogens with zero attached hydrogens (tertiary/aromatic N) is 4. The van der Waals surface area contributed by atoms with E-state index in [1.807, 2.05) is 54.6 Å². The first-order valence-electron chi connectivity index (χ1n) is 9.71.